The number of anilines is 1. The van der Waals surface area contributed by atoms with E-state index in [-0.39, 0.29) is 5.92 Å². The summed E-state index contributed by atoms with van der Waals surface area (Å²) in [6, 6.07) is 7.77. The molecule has 1 aliphatic heterocycles. The van der Waals surface area contributed by atoms with Crippen molar-refractivity contribution < 1.29 is 4.74 Å². The molecule has 0 spiro atoms. The molecule has 1 aromatic carbocycles. The Morgan fingerprint density at radius 3 is 2.65 bits per heavy atom. The van der Waals surface area contributed by atoms with Gasteiger partial charge in [-0.25, -0.2) is 9.98 Å². The van der Waals surface area contributed by atoms with Gasteiger partial charge in [0.2, 0.25) is 0 Å². The fraction of sp³-hybridized carbons (Fsp3) is 0.222. The SMILES string of the molecule is NC1=CCC(C=N/C(N=CCc2ccc(N)cc2)=C2/CO2)C=C1. The van der Waals surface area contributed by atoms with Gasteiger partial charge in [-0.3, -0.25) is 0 Å². The first-order valence-corrected chi connectivity index (χ1v) is 7.61. The molecule has 1 aliphatic carbocycles. The van der Waals surface area contributed by atoms with Crippen LogP contribution >= 0.6 is 0 Å². The van der Waals surface area contributed by atoms with E-state index in [0.717, 1.165) is 35.5 Å². The number of nitrogens with two attached hydrogens (primary N) is 2. The zero-order valence-corrected chi connectivity index (χ0v) is 12.9. The van der Waals surface area contributed by atoms with Gasteiger partial charge < -0.3 is 16.2 Å². The highest BCUT2D eigenvalue weighted by molar-refractivity contribution is 5.68. The molecule has 23 heavy (non-hydrogen) atoms. The van der Waals surface area contributed by atoms with Gasteiger partial charge in [0.1, 0.15) is 6.61 Å². The molecule has 5 nitrogen and oxygen atoms in total. The molecule has 3 rings (SSSR count). The lowest BCUT2D eigenvalue weighted by Crippen LogP contribution is -2.05. The third-order valence-electron chi connectivity index (χ3n) is 3.61. The Hall–Kier alpha value is -2.82. The van der Waals surface area contributed by atoms with Crippen LogP contribution < -0.4 is 11.5 Å². The number of nitrogen functional groups attached to an aromatic ring is 1. The van der Waals surface area contributed by atoms with Crippen LogP contribution in [0.1, 0.15) is 12.0 Å². The van der Waals surface area contributed by atoms with Gasteiger partial charge in [0, 0.05) is 36.2 Å². The van der Waals surface area contributed by atoms with Gasteiger partial charge in [0.25, 0.3) is 0 Å². The number of benzene rings is 1. The van der Waals surface area contributed by atoms with Gasteiger partial charge in [-0.1, -0.05) is 24.3 Å². The zero-order valence-electron chi connectivity index (χ0n) is 12.9. The number of nitrogens with zero attached hydrogens (tertiary/aromatic N) is 2. The summed E-state index contributed by atoms with van der Waals surface area (Å²) in [6.07, 6.45) is 11.3. The van der Waals surface area contributed by atoms with Crippen LogP contribution in [0.5, 0.6) is 0 Å². The molecule has 1 saturated heterocycles. The summed E-state index contributed by atoms with van der Waals surface area (Å²) in [4.78, 5) is 8.91. The van der Waals surface area contributed by atoms with Gasteiger partial charge in [0.05, 0.1) is 0 Å². The molecule has 0 amide bonds. The third kappa shape index (κ3) is 4.57. The topological polar surface area (TPSA) is 89.3 Å². The lowest BCUT2D eigenvalue weighted by Gasteiger charge is -2.08. The Morgan fingerprint density at radius 1 is 1.22 bits per heavy atom. The number of allylic oxidation sites excluding steroid dienone is 3. The summed E-state index contributed by atoms with van der Waals surface area (Å²) in [5.74, 6) is 1.74. The minimum Gasteiger partial charge on any atom is -0.482 e. The maximum Gasteiger partial charge on any atom is 0.193 e. The number of rotatable bonds is 5. The van der Waals surface area contributed by atoms with Crippen LogP contribution in [0.15, 0.2) is 69.8 Å². The summed E-state index contributed by atoms with van der Waals surface area (Å²) in [5.41, 5.74) is 14.1. The Balaban J connectivity index is 1.60. The maximum absolute atomic E-state index is 5.71. The van der Waals surface area contributed by atoms with Crippen molar-refractivity contribution in [3.63, 3.8) is 0 Å². The van der Waals surface area contributed by atoms with Gasteiger partial charge in [0.15, 0.2) is 11.6 Å². The van der Waals surface area contributed by atoms with E-state index in [4.69, 9.17) is 16.2 Å². The lowest BCUT2D eigenvalue weighted by molar-refractivity contribution is 0.506. The molecule has 0 saturated carbocycles. The number of ether oxygens (including phenoxy) is 1. The highest BCUT2D eigenvalue weighted by Gasteiger charge is 2.19. The largest absolute Gasteiger partial charge is 0.482 e. The first-order valence-electron chi connectivity index (χ1n) is 7.61. The number of epoxide rings is 1. The van der Waals surface area contributed by atoms with E-state index in [1.54, 1.807) is 0 Å². The summed E-state index contributed by atoms with van der Waals surface area (Å²) >= 11 is 0. The summed E-state index contributed by atoms with van der Waals surface area (Å²) in [7, 11) is 0. The van der Waals surface area contributed by atoms with Gasteiger partial charge in [-0.2, -0.15) is 0 Å². The van der Waals surface area contributed by atoms with Crippen molar-refractivity contribution in [2.75, 3.05) is 12.3 Å². The van der Waals surface area contributed by atoms with Crippen LogP contribution in [-0.4, -0.2) is 19.0 Å². The van der Waals surface area contributed by atoms with Crippen molar-refractivity contribution in [2.24, 2.45) is 21.6 Å². The summed E-state index contributed by atoms with van der Waals surface area (Å²) in [6.45, 7) is 0.610. The van der Waals surface area contributed by atoms with Crippen LogP contribution in [0.3, 0.4) is 0 Å². The van der Waals surface area contributed by atoms with Gasteiger partial charge >= 0.3 is 0 Å². The van der Waals surface area contributed by atoms with Crippen LogP contribution in [0, 0.1) is 5.92 Å². The van der Waals surface area contributed by atoms with Gasteiger partial charge in [-0.15, -0.1) is 0 Å². The lowest BCUT2D eigenvalue weighted by atomic mass is 10.0. The molecule has 5 heteroatoms. The minimum absolute atomic E-state index is 0.254. The molecule has 0 aromatic heterocycles. The zero-order chi connectivity index (χ0) is 16.1. The maximum atomic E-state index is 5.71. The Kier molecular flexibility index (Phi) is 4.57. The van der Waals surface area contributed by atoms with Crippen LogP contribution in [0.25, 0.3) is 0 Å². The van der Waals surface area contributed by atoms with Crippen molar-refractivity contribution in [1.82, 2.24) is 0 Å². The number of hydrogen-bond donors (Lipinski definition) is 2. The van der Waals surface area contributed by atoms with Gasteiger partial charge in [-0.05, 0) is 30.2 Å². The van der Waals surface area contributed by atoms with E-state index in [1.807, 2.05) is 54.9 Å². The fourth-order valence-electron chi connectivity index (χ4n) is 2.16. The average Bonchev–Trinajstić information content (AvgIpc) is 3.39. The predicted octanol–water partition coefficient (Wildman–Crippen LogP) is 2.57. The van der Waals surface area contributed by atoms with E-state index < -0.39 is 0 Å². The predicted molar refractivity (Wildman–Crippen MR) is 94.0 cm³/mol. The van der Waals surface area contributed by atoms with E-state index in [0.29, 0.717) is 12.4 Å². The molecular weight excluding hydrogens is 288 g/mol. The Labute approximate surface area is 135 Å². The number of aliphatic imine (C=N–C) groups is 2. The standard InChI is InChI=1S/C18H20N4O/c19-15-5-1-13(2-6-15)9-10-21-18(17-12-23-17)22-11-14-3-7-16(20)8-4-14/h1-3,5-8,10-11,14H,4,9,12,19-20H2/b18-17-,21-10?,22-11?. The van der Waals surface area contributed by atoms with Crippen LogP contribution in [0.4, 0.5) is 5.69 Å². The first-order chi connectivity index (χ1) is 11.2. The Morgan fingerprint density at radius 2 is 2.00 bits per heavy atom. The van der Waals surface area contributed by atoms with E-state index in [9.17, 15) is 0 Å². The quantitative estimate of drug-likeness (QED) is 0.497. The number of hydrogen-bond acceptors (Lipinski definition) is 5. The summed E-state index contributed by atoms with van der Waals surface area (Å²) in [5, 5.41) is 0. The van der Waals surface area contributed by atoms with Crippen LogP contribution in [-0.2, 0) is 11.2 Å². The molecule has 1 atom stereocenters. The van der Waals surface area contributed by atoms with Crippen molar-refractivity contribution >= 4 is 18.1 Å². The van der Waals surface area contributed by atoms with Crippen molar-refractivity contribution in [2.45, 2.75) is 12.8 Å². The third-order valence-corrected chi connectivity index (χ3v) is 3.61. The van der Waals surface area contributed by atoms with E-state index in [1.165, 1.54) is 0 Å². The first kappa shape index (κ1) is 15.1. The summed E-state index contributed by atoms with van der Waals surface area (Å²) < 4.78 is 5.23. The minimum atomic E-state index is 0.254. The molecule has 1 heterocycles. The van der Waals surface area contributed by atoms with Crippen molar-refractivity contribution in [1.29, 1.82) is 0 Å². The monoisotopic (exact) mass is 308 g/mol. The molecule has 1 fully saturated rings. The second kappa shape index (κ2) is 6.96. The molecule has 1 unspecified atom stereocenters. The van der Waals surface area contributed by atoms with E-state index >= 15 is 0 Å². The van der Waals surface area contributed by atoms with Crippen molar-refractivity contribution in [3.05, 3.63) is 65.3 Å². The highest BCUT2D eigenvalue weighted by atomic mass is 16.6. The normalized spacial score (nSPS) is 22.3. The second-order valence-corrected chi connectivity index (χ2v) is 5.53. The smallest absolute Gasteiger partial charge is 0.193 e. The van der Waals surface area contributed by atoms with E-state index in [2.05, 4.69) is 9.98 Å². The molecule has 0 radical (unpaired) electrons. The Bertz CT molecular complexity index is 705. The van der Waals surface area contributed by atoms with Crippen molar-refractivity contribution in [3.8, 4) is 0 Å². The molecule has 1 aromatic rings. The molecule has 2 aliphatic rings. The molecular formula is C18H20N4O. The average molecular weight is 308 g/mol. The molecule has 118 valence electrons. The van der Waals surface area contributed by atoms with Crippen LogP contribution in [0.2, 0.25) is 0 Å². The highest BCUT2D eigenvalue weighted by Crippen LogP contribution is 2.22. The second-order valence-electron chi connectivity index (χ2n) is 5.53. The molecule has 0 bridgehead atoms. The molecule has 4 N–H and O–H groups in total. The fourth-order valence-corrected chi connectivity index (χ4v) is 2.16.